The maximum Gasteiger partial charge on any atom is 0.187 e. The fourth-order valence-electron chi connectivity index (χ4n) is 0.932. The van der Waals surface area contributed by atoms with Crippen LogP contribution in [0.1, 0.15) is 12.5 Å². The largest absolute Gasteiger partial charge is 0.204 e. The van der Waals surface area contributed by atoms with E-state index in [1.54, 1.807) is 0 Å². The Balaban J connectivity index is 3.06. The minimum absolute atomic E-state index is 0.807. The fraction of sp³-hybridized carbons (Fsp3) is 0.375. The van der Waals surface area contributed by atoms with Crippen LogP contribution in [0.2, 0.25) is 5.02 Å². The molecular formula is C8H11ClN+. The van der Waals surface area contributed by atoms with E-state index in [1.165, 1.54) is 5.56 Å². The first-order valence-electron chi connectivity index (χ1n) is 3.38. The second kappa shape index (κ2) is 3.02. The molecule has 0 atom stereocenters. The number of halogens is 1. The first kappa shape index (κ1) is 7.55. The van der Waals surface area contributed by atoms with Crippen LogP contribution in [-0.2, 0) is 6.54 Å². The molecule has 1 nitrogen and oxygen atoms in total. The third-order valence-corrected chi connectivity index (χ3v) is 1.60. The van der Waals surface area contributed by atoms with E-state index < -0.39 is 0 Å². The van der Waals surface area contributed by atoms with Gasteiger partial charge in [-0.1, -0.05) is 11.6 Å². The predicted molar refractivity (Wildman–Crippen MR) is 42.1 cm³/mol. The summed E-state index contributed by atoms with van der Waals surface area (Å²) in [5.41, 5.74) is 1.20. The maximum absolute atomic E-state index is 5.81. The first-order valence-corrected chi connectivity index (χ1v) is 3.76. The molecule has 2 heteroatoms. The molecule has 0 aliphatic heterocycles. The quantitative estimate of drug-likeness (QED) is 0.548. The van der Waals surface area contributed by atoms with Crippen molar-refractivity contribution in [2.45, 2.75) is 20.4 Å². The Bertz CT molecular complexity index is 212. The van der Waals surface area contributed by atoms with Crippen LogP contribution < -0.4 is 4.57 Å². The molecule has 54 valence electrons. The number of rotatable bonds is 1. The van der Waals surface area contributed by atoms with Crippen LogP contribution in [0.4, 0.5) is 0 Å². The van der Waals surface area contributed by atoms with E-state index in [-0.39, 0.29) is 0 Å². The van der Waals surface area contributed by atoms with Gasteiger partial charge in [-0.2, -0.15) is 0 Å². The topological polar surface area (TPSA) is 3.88 Å². The van der Waals surface area contributed by atoms with E-state index in [9.17, 15) is 0 Å². The molecule has 10 heavy (non-hydrogen) atoms. The van der Waals surface area contributed by atoms with E-state index >= 15 is 0 Å². The van der Waals surface area contributed by atoms with Gasteiger partial charge < -0.3 is 0 Å². The number of hydrogen-bond acceptors (Lipinski definition) is 0. The van der Waals surface area contributed by atoms with Gasteiger partial charge in [0.25, 0.3) is 0 Å². The zero-order chi connectivity index (χ0) is 7.56. The zero-order valence-corrected chi connectivity index (χ0v) is 7.02. The number of nitrogens with zero attached hydrogens (tertiary/aromatic N) is 1. The molecule has 0 unspecified atom stereocenters. The van der Waals surface area contributed by atoms with Crippen molar-refractivity contribution in [3.63, 3.8) is 0 Å². The highest BCUT2D eigenvalue weighted by Gasteiger charge is 1.99. The van der Waals surface area contributed by atoms with Crippen LogP contribution in [-0.4, -0.2) is 0 Å². The van der Waals surface area contributed by atoms with Gasteiger partial charge in [0.2, 0.25) is 0 Å². The number of pyridine rings is 1. The molecule has 0 aromatic carbocycles. The summed E-state index contributed by atoms with van der Waals surface area (Å²) in [7, 11) is 0. The van der Waals surface area contributed by atoms with E-state index in [1.807, 2.05) is 19.2 Å². The summed E-state index contributed by atoms with van der Waals surface area (Å²) in [6, 6.07) is 1.95. The first-order chi connectivity index (χ1) is 4.72. The highest BCUT2D eigenvalue weighted by atomic mass is 35.5. The lowest BCUT2D eigenvalue weighted by Gasteiger charge is -1.93. The van der Waals surface area contributed by atoms with Gasteiger partial charge in [0.05, 0.1) is 0 Å². The molecule has 0 aliphatic rings. The monoisotopic (exact) mass is 156 g/mol. The molecule has 0 saturated carbocycles. The number of hydrogen-bond donors (Lipinski definition) is 0. The predicted octanol–water partition coefficient (Wildman–Crippen LogP) is 1.96. The molecule has 0 radical (unpaired) electrons. The van der Waals surface area contributed by atoms with Crippen LogP contribution in [0.3, 0.4) is 0 Å². The van der Waals surface area contributed by atoms with Gasteiger partial charge in [0, 0.05) is 5.56 Å². The summed E-state index contributed by atoms with van der Waals surface area (Å²) in [5.74, 6) is 0. The average Bonchev–Trinajstić information content (AvgIpc) is 1.85. The standard InChI is InChI=1S/C8H11ClN/c1-3-10-5-7(2)4-8(9)6-10/h4-6H,3H2,1-2H3/q+1. The summed E-state index contributed by atoms with van der Waals surface area (Å²) in [4.78, 5) is 0. The minimum atomic E-state index is 0.807. The van der Waals surface area contributed by atoms with Crippen molar-refractivity contribution in [1.29, 1.82) is 0 Å². The van der Waals surface area contributed by atoms with E-state index in [4.69, 9.17) is 11.6 Å². The van der Waals surface area contributed by atoms with Gasteiger partial charge in [-0.25, -0.2) is 4.57 Å². The van der Waals surface area contributed by atoms with Crippen molar-refractivity contribution >= 4 is 11.6 Å². The summed E-state index contributed by atoms with van der Waals surface area (Å²) in [6.45, 7) is 5.11. The van der Waals surface area contributed by atoms with Gasteiger partial charge in [0.15, 0.2) is 12.4 Å². The van der Waals surface area contributed by atoms with E-state index in [2.05, 4.69) is 17.7 Å². The Morgan fingerprint density at radius 3 is 2.70 bits per heavy atom. The van der Waals surface area contributed by atoms with E-state index in [0.29, 0.717) is 0 Å². The SMILES string of the molecule is CC[n+]1cc(C)cc(Cl)c1. The smallest absolute Gasteiger partial charge is 0.187 e. The van der Waals surface area contributed by atoms with Crippen molar-refractivity contribution < 1.29 is 4.57 Å². The van der Waals surface area contributed by atoms with Gasteiger partial charge in [-0.3, -0.25) is 0 Å². The van der Waals surface area contributed by atoms with Crippen molar-refractivity contribution in [1.82, 2.24) is 0 Å². The van der Waals surface area contributed by atoms with Gasteiger partial charge in [-0.15, -0.1) is 0 Å². The lowest BCUT2D eigenvalue weighted by molar-refractivity contribution is -0.693. The lowest BCUT2D eigenvalue weighted by Crippen LogP contribution is -2.31. The summed E-state index contributed by atoms with van der Waals surface area (Å²) in [6.07, 6.45) is 4.00. The Morgan fingerprint density at radius 1 is 1.50 bits per heavy atom. The molecule has 1 rings (SSSR count). The van der Waals surface area contributed by atoms with Gasteiger partial charge in [0.1, 0.15) is 11.6 Å². The molecule has 0 fully saturated rings. The molecule has 0 bridgehead atoms. The molecule has 0 amide bonds. The molecule has 0 N–H and O–H groups in total. The molecule has 1 aromatic rings. The second-order valence-electron chi connectivity index (χ2n) is 2.36. The lowest BCUT2D eigenvalue weighted by atomic mass is 10.3. The van der Waals surface area contributed by atoms with Crippen molar-refractivity contribution in [3.05, 3.63) is 29.0 Å². The number of aromatic nitrogens is 1. The van der Waals surface area contributed by atoms with Crippen molar-refractivity contribution in [3.8, 4) is 0 Å². The summed E-state index contributed by atoms with van der Waals surface area (Å²) in [5, 5.41) is 0.807. The van der Waals surface area contributed by atoms with Gasteiger partial charge >= 0.3 is 0 Å². The van der Waals surface area contributed by atoms with Crippen LogP contribution in [0.25, 0.3) is 0 Å². The highest BCUT2D eigenvalue weighted by molar-refractivity contribution is 6.30. The van der Waals surface area contributed by atoms with Crippen LogP contribution in [0, 0.1) is 6.92 Å². The fourth-order valence-corrected chi connectivity index (χ4v) is 1.23. The number of aryl methyl sites for hydroxylation is 2. The highest BCUT2D eigenvalue weighted by Crippen LogP contribution is 2.05. The van der Waals surface area contributed by atoms with Crippen LogP contribution in [0.15, 0.2) is 18.5 Å². The second-order valence-corrected chi connectivity index (χ2v) is 2.80. The minimum Gasteiger partial charge on any atom is -0.204 e. The van der Waals surface area contributed by atoms with Crippen LogP contribution in [0.5, 0.6) is 0 Å². The molecule has 1 aromatic heterocycles. The zero-order valence-electron chi connectivity index (χ0n) is 6.26. The summed E-state index contributed by atoms with van der Waals surface area (Å²) >= 11 is 5.81. The normalized spacial score (nSPS) is 9.90. The van der Waals surface area contributed by atoms with Crippen molar-refractivity contribution in [2.75, 3.05) is 0 Å². The Morgan fingerprint density at radius 2 is 2.20 bits per heavy atom. The molecule has 0 saturated heterocycles. The molecule has 1 heterocycles. The van der Waals surface area contributed by atoms with E-state index in [0.717, 1.165) is 11.6 Å². The Labute approximate surface area is 66.3 Å². The Kier molecular flexibility index (Phi) is 2.28. The Hall–Kier alpha value is -0.560. The van der Waals surface area contributed by atoms with Crippen LogP contribution >= 0.6 is 11.6 Å². The third kappa shape index (κ3) is 1.71. The maximum atomic E-state index is 5.81. The van der Waals surface area contributed by atoms with Crippen molar-refractivity contribution in [2.24, 2.45) is 0 Å². The summed E-state index contributed by atoms with van der Waals surface area (Å²) < 4.78 is 2.07. The van der Waals surface area contributed by atoms with Gasteiger partial charge in [-0.05, 0) is 19.9 Å². The average molecular weight is 157 g/mol. The molecular weight excluding hydrogens is 146 g/mol. The molecule has 0 aliphatic carbocycles. The molecule has 0 spiro atoms. The third-order valence-electron chi connectivity index (χ3n) is 1.39.